The zero-order valence-electron chi connectivity index (χ0n) is 7.67. The summed E-state index contributed by atoms with van der Waals surface area (Å²) in [6.07, 6.45) is -0.651. The van der Waals surface area contributed by atoms with Crippen LogP contribution in [0.3, 0.4) is 0 Å². The Morgan fingerprint density at radius 1 is 1.40 bits per heavy atom. The fourth-order valence-corrected chi connectivity index (χ4v) is 1.13. The first-order chi connectivity index (χ1) is 7.13. The largest absolute Gasteiger partial charge is 0.412 e. The second kappa shape index (κ2) is 5.80. The molecule has 0 heterocycles. The Labute approximate surface area is 96.8 Å². The minimum Gasteiger partial charge on any atom is -0.410 e. The molecule has 1 amide bonds. The van der Waals surface area contributed by atoms with Gasteiger partial charge in [0.25, 0.3) is 0 Å². The highest BCUT2D eigenvalue weighted by molar-refractivity contribution is 6.42. The van der Waals surface area contributed by atoms with Crippen molar-refractivity contribution in [3.05, 3.63) is 28.2 Å². The molecule has 0 unspecified atom stereocenters. The molecule has 0 aliphatic rings. The Bertz CT molecular complexity index is 357. The van der Waals surface area contributed by atoms with Gasteiger partial charge in [-0.25, -0.2) is 4.79 Å². The number of benzene rings is 1. The Morgan fingerprint density at radius 2 is 2.13 bits per heavy atom. The van der Waals surface area contributed by atoms with Crippen molar-refractivity contribution in [1.29, 1.82) is 0 Å². The minimum atomic E-state index is -0.651. The van der Waals surface area contributed by atoms with E-state index in [0.29, 0.717) is 15.8 Å². The van der Waals surface area contributed by atoms with Crippen molar-refractivity contribution in [2.24, 2.45) is 0 Å². The molecule has 0 aliphatic carbocycles. The number of amides is 1. The molecule has 0 radical (unpaired) electrons. The smallest absolute Gasteiger partial charge is 0.410 e. The lowest BCUT2D eigenvalue weighted by Crippen LogP contribution is -2.29. The Kier molecular flexibility index (Phi) is 4.68. The van der Waals surface area contributed by atoms with Crippen LogP contribution in [-0.4, -0.2) is 24.4 Å². The number of carbonyl (C=O) groups is 1. The molecule has 1 aromatic carbocycles. The molecule has 1 rings (SSSR count). The summed E-state index contributed by atoms with van der Waals surface area (Å²) in [5, 5.41) is 11.5. The van der Waals surface area contributed by atoms with Crippen molar-refractivity contribution in [2.75, 3.05) is 13.2 Å². The van der Waals surface area contributed by atoms with Crippen molar-refractivity contribution in [1.82, 2.24) is 5.32 Å². The molecule has 0 aliphatic heterocycles. The van der Waals surface area contributed by atoms with E-state index in [0.717, 1.165) is 0 Å². The predicted molar refractivity (Wildman–Crippen MR) is 57.6 cm³/mol. The van der Waals surface area contributed by atoms with Gasteiger partial charge in [0.15, 0.2) is 0 Å². The van der Waals surface area contributed by atoms with Crippen LogP contribution < -0.4 is 10.1 Å². The molecule has 6 heteroatoms. The third kappa shape index (κ3) is 3.95. The van der Waals surface area contributed by atoms with Gasteiger partial charge in [-0.2, -0.15) is 0 Å². The van der Waals surface area contributed by atoms with Crippen LogP contribution in [0.1, 0.15) is 0 Å². The highest BCUT2D eigenvalue weighted by Crippen LogP contribution is 2.26. The van der Waals surface area contributed by atoms with E-state index in [9.17, 15) is 4.79 Å². The maximum Gasteiger partial charge on any atom is 0.412 e. The van der Waals surface area contributed by atoms with Crippen molar-refractivity contribution in [3.63, 3.8) is 0 Å². The Morgan fingerprint density at radius 3 is 2.73 bits per heavy atom. The summed E-state index contributed by atoms with van der Waals surface area (Å²) in [6.45, 7) is -0.00334. The number of ether oxygens (including phenoxy) is 1. The predicted octanol–water partition coefficient (Wildman–Crippen LogP) is 2.07. The third-order valence-electron chi connectivity index (χ3n) is 1.48. The van der Waals surface area contributed by atoms with Crippen LogP contribution in [0.2, 0.25) is 10.0 Å². The first-order valence-corrected chi connectivity index (χ1v) is 4.90. The minimum absolute atomic E-state index is 0.139. The number of hydrogen-bond acceptors (Lipinski definition) is 3. The maximum atomic E-state index is 11.0. The fourth-order valence-electron chi connectivity index (χ4n) is 0.841. The summed E-state index contributed by atoms with van der Waals surface area (Å²) < 4.78 is 4.85. The molecule has 0 saturated heterocycles. The average Bonchev–Trinajstić information content (AvgIpc) is 2.20. The zero-order chi connectivity index (χ0) is 11.3. The Balaban J connectivity index is 2.57. The number of aliphatic hydroxyl groups is 1. The van der Waals surface area contributed by atoms with E-state index < -0.39 is 6.09 Å². The summed E-state index contributed by atoms with van der Waals surface area (Å²) in [5.74, 6) is 0.292. The molecular weight excluding hydrogens is 241 g/mol. The summed E-state index contributed by atoms with van der Waals surface area (Å²) in [5.41, 5.74) is 0. The number of carbonyl (C=O) groups excluding carboxylic acids is 1. The second-order valence-electron chi connectivity index (χ2n) is 2.62. The van der Waals surface area contributed by atoms with E-state index in [1.807, 2.05) is 0 Å². The van der Waals surface area contributed by atoms with Gasteiger partial charge < -0.3 is 15.2 Å². The summed E-state index contributed by atoms with van der Waals surface area (Å²) >= 11 is 11.4. The first kappa shape index (κ1) is 12.1. The second-order valence-corrected chi connectivity index (χ2v) is 3.43. The molecule has 4 nitrogen and oxygen atoms in total. The molecular formula is C9H9Cl2NO3. The van der Waals surface area contributed by atoms with Crippen molar-refractivity contribution in [3.8, 4) is 5.75 Å². The van der Waals surface area contributed by atoms with Gasteiger partial charge in [0, 0.05) is 12.6 Å². The van der Waals surface area contributed by atoms with E-state index in [-0.39, 0.29) is 13.2 Å². The topological polar surface area (TPSA) is 58.6 Å². The molecule has 82 valence electrons. The van der Waals surface area contributed by atoms with Gasteiger partial charge in [-0.3, -0.25) is 0 Å². The summed E-state index contributed by atoms with van der Waals surface area (Å²) in [4.78, 5) is 11.0. The molecule has 0 atom stereocenters. The molecule has 0 bridgehead atoms. The van der Waals surface area contributed by atoms with Crippen molar-refractivity contribution in [2.45, 2.75) is 0 Å². The molecule has 0 fully saturated rings. The summed E-state index contributed by atoms with van der Waals surface area (Å²) in [6, 6.07) is 4.48. The number of hydrogen-bond donors (Lipinski definition) is 2. The molecule has 0 aromatic heterocycles. The van der Waals surface area contributed by atoms with Gasteiger partial charge in [0.2, 0.25) is 0 Å². The lowest BCUT2D eigenvalue weighted by molar-refractivity contribution is 0.195. The molecule has 0 spiro atoms. The number of halogens is 2. The van der Waals surface area contributed by atoms with Gasteiger partial charge in [0.1, 0.15) is 5.75 Å². The van der Waals surface area contributed by atoms with Crippen LogP contribution >= 0.6 is 23.2 Å². The van der Waals surface area contributed by atoms with Gasteiger partial charge in [-0.1, -0.05) is 23.2 Å². The van der Waals surface area contributed by atoms with Crippen molar-refractivity contribution < 1.29 is 14.6 Å². The number of nitrogens with one attached hydrogen (secondary N) is 1. The van der Waals surface area contributed by atoms with Crippen LogP contribution in [0.4, 0.5) is 4.79 Å². The lowest BCUT2D eigenvalue weighted by atomic mass is 10.3. The van der Waals surface area contributed by atoms with E-state index in [1.165, 1.54) is 18.2 Å². The number of aliphatic hydroxyl groups excluding tert-OH is 1. The van der Waals surface area contributed by atoms with Gasteiger partial charge in [-0.15, -0.1) is 0 Å². The SMILES string of the molecule is O=C(NCCO)Oc1ccc(Cl)c(Cl)c1. The fraction of sp³-hybridized carbons (Fsp3) is 0.222. The van der Waals surface area contributed by atoms with Crippen LogP contribution in [0.5, 0.6) is 5.75 Å². The normalized spacial score (nSPS) is 9.80. The maximum absolute atomic E-state index is 11.0. The quantitative estimate of drug-likeness (QED) is 0.863. The van der Waals surface area contributed by atoms with Crippen LogP contribution in [0.15, 0.2) is 18.2 Å². The van der Waals surface area contributed by atoms with Crippen molar-refractivity contribution >= 4 is 29.3 Å². The highest BCUT2D eigenvalue weighted by atomic mass is 35.5. The molecule has 15 heavy (non-hydrogen) atoms. The number of rotatable bonds is 3. The van der Waals surface area contributed by atoms with E-state index in [4.69, 9.17) is 33.0 Å². The summed E-state index contributed by atoms with van der Waals surface area (Å²) in [7, 11) is 0. The van der Waals surface area contributed by atoms with Gasteiger partial charge in [-0.05, 0) is 12.1 Å². The van der Waals surface area contributed by atoms with Crippen LogP contribution in [0, 0.1) is 0 Å². The van der Waals surface area contributed by atoms with Gasteiger partial charge >= 0.3 is 6.09 Å². The van der Waals surface area contributed by atoms with Crippen LogP contribution in [0.25, 0.3) is 0 Å². The average molecular weight is 250 g/mol. The van der Waals surface area contributed by atoms with Gasteiger partial charge in [0.05, 0.1) is 16.7 Å². The zero-order valence-corrected chi connectivity index (χ0v) is 9.18. The first-order valence-electron chi connectivity index (χ1n) is 4.15. The monoisotopic (exact) mass is 249 g/mol. The molecule has 2 N–H and O–H groups in total. The molecule has 1 aromatic rings. The molecule has 0 saturated carbocycles. The third-order valence-corrected chi connectivity index (χ3v) is 2.22. The lowest BCUT2D eigenvalue weighted by Gasteiger charge is -2.05. The Hall–Kier alpha value is -0.970. The van der Waals surface area contributed by atoms with Crippen LogP contribution in [-0.2, 0) is 0 Å². The van der Waals surface area contributed by atoms with E-state index >= 15 is 0 Å². The highest BCUT2D eigenvalue weighted by Gasteiger charge is 2.05. The standard InChI is InChI=1S/C9H9Cl2NO3/c10-7-2-1-6(5-8(7)11)15-9(14)12-3-4-13/h1-2,5,13H,3-4H2,(H,12,14). The van der Waals surface area contributed by atoms with E-state index in [2.05, 4.69) is 5.32 Å². The van der Waals surface area contributed by atoms with E-state index in [1.54, 1.807) is 0 Å².